The van der Waals surface area contributed by atoms with E-state index in [1.54, 1.807) is 0 Å². The van der Waals surface area contributed by atoms with Crippen LogP contribution in [0.1, 0.15) is 30.4 Å². The fourth-order valence-corrected chi connectivity index (χ4v) is 2.87. The van der Waals surface area contributed by atoms with Crippen LogP contribution in [0.5, 0.6) is 5.75 Å². The molecule has 116 valence electrons. The maximum absolute atomic E-state index is 5.65. The second-order valence-corrected chi connectivity index (χ2v) is 5.78. The van der Waals surface area contributed by atoms with Crippen molar-refractivity contribution < 1.29 is 14.2 Å². The summed E-state index contributed by atoms with van der Waals surface area (Å²) in [6.07, 6.45) is 4.76. The van der Waals surface area contributed by atoms with Crippen molar-refractivity contribution >= 4 is 0 Å². The minimum absolute atomic E-state index is 0.339. The minimum Gasteiger partial charge on any atom is -0.493 e. The second-order valence-electron chi connectivity index (χ2n) is 5.78. The van der Waals surface area contributed by atoms with Gasteiger partial charge in [0.05, 0.1) is 19.3 Å². The number of hydrogen-bond donors (Lipinski definition) is 1. The second kappa shape index (κ2) is 7.78. The maximum atomic E-state index is 5.65. The van der Waals surface area contributed by atoms with Crippen molar-refractivity contribution in [2.75, 3.05) is 33.0 Å². The van der Waals surface area contributed by atoms with Gasteiger partial charge < -0.3 is 19.5 Å². The number of hydrogen-bond acceptors (Lipinski definition) is 4. The van der Waals surface area contributed by atoms with E-state index in [1.807, 2.05) is 0 Å². The summed E-state index contributed by atoms with van der Waals surface area (Å²) >= 11 is 0. The highest BCUT2D eigenvalue weighted by Gasteiger charge is 2.15. The van der Waals surface area contributed by atoms with Crippen molar-refractivity contribution in [3.63, 3.8) is 0 Å². The van der Waals surface area contributed by atoms with Crippen LogP contribution in [0.25, 0.3) is 0 Å². The van der Waals surface area contributed by atoms with E-state index < -0.39 is 0 Å². The average molecular weight is 291 g/mol. The number of rotatable bonds is 8. The van der Waals surface area contributed by atoms with E-state index in [9.17, 15) is 0 Å². The largest absolute Gasteiger partial charge is 0.493 e. The molecule has 1 atom stereocenters. The van der Waals surface area contributed by atoms with Crippen LogP contribution in [0.2, 0.25) is 0 Å². The summed E-state index contributed by atoms with van der Waals surface area (Å²) in [4.78, 5) is 0. The van der Waals surface area contributed by atoms with Crippen molar-refractivity contribution in [2.45, 2.75) is 38.3 Å². The molecule has 0 aliphatic carbocycles. The molecule has 0 radical (unpaired) electrons. The fourth-order valence-electron chi connectivity index (χ4n) is 2.87. The third kappa shape index (κ3) is 4.43. The highest BCUT2D eigenvalue weighted by atomic mass is 16.5. The van der Waals surface area contributed by atoms with Crippen LogP contribution in [-0.4, -0.2) is 39.1 Å². The molecule has 2 heterocycles. The van der Waals surface area contributed by atoms with Crippen LogP contribution < -0.4 is 10.1 Å². The molecule has 0 bridgehead atoms. The Hall–Kier alpha value is -1.10. The van der Waals surface area contributed by atoms with E-state index in [0.717, 1.165) is 64.5 Å². The number of fused-ring (bicyclic) bond motifs is 1. The third-order valence-electron chi connectivity index (χ3n) is 4.05. The number of benzene rings is 1. The van der Waals surface area contributed by atoms with E-state index in [4.69, 9.17) is 14.2 Å². The van der Waals surface area contributed by atoms with Crippen molar-refractivity contribution in [2.24, 2.45) is 0 Å². The molecule has 2 aliphatic rings. The zero-order valence-electron chi connectivity index (χ0n) is 12.6. The maximum Gasteiger partial charge on any atom is 0.122 e. The normalized spacial score (nSPS) is 20.5. The molecule has 1 N–H and O–H groups in total. The molecule has 4 nitrogen and oxygen atoms in total. The van der Waals surface area contributed by atoms with E-state index in [0.29, 0.717) is 6.10 Å². The van der Waals surface area contributed by atoms with Crippen LogP contribution in [0.15, 0.2) is 18.2 Å². The van der Waals surface area contributed by atoms with Gasteiger partial charge in [0, 0.05) is 26.2 Å². The summed E-state index contributed by atoms with van der Waals surface area (Å²) in [7, 11) is 0. The fraction of sp³-hybridized carbons (Fsp3) is 0.647. The third-order valence-corrected chi connectivity index (χ3v) is 4.05. The Morgan fingerprint density at radius 3 is 3.19 bits per heavy atom. The van der Waals surface area contributed by atoms with Crippen molar-refractivity contribution in [3.8, 4) is 5.75 Å². The predicted octanol–water partition coefficient (Wildman–Crippen LogP) is 2.30. The van der Waals surface area contributed by atoms with Gasteiger partial charge in [-0.3, -0.25) is 0 Å². The summed E-state index contributed by atoms with van der Waals surface area (Å²) in [5, 5.41) is 3.47. The first-order chi connectivity index (χ1) is 10.4. The lowest BCUT2D eigenvalue weighted by molar-refractivity contribution is 0.0166. The quantitative estimate of drug-likeness (QED) is 0.746. The monoisotopic (exact) mass is 291 g/mol. The molecule has 21 heavy (non-hydrogen) atoms. The SMILES string of the molecule is c1cc2c(cc1CNCCCOCC1CCCO1)CCO2. The van der Waals surface area contributed by atoms with Crippen LogP contribution in [0, 0.1) is 0 Å². The minimum atomic E-state index is 0.339. The van der Waals surface area contributed by atoms with Gasteiger partial charge in [-0.15, -0.1) is 0 Å². The van der Waals surface area contributed by atoms with E-state index in [2.05, 4.69) is 23.5 Å². The van der Waals surface area contributed by atoms with Crippen LogP contribution in [0.3, 0.4) is 0 Å². The van der Waals surface area contributed by atoms with Crippen LogP contribution in [-0.2, 0) is 22.4 Å². The Labute approximate surface area is 126 Å². The van der Waals surface area contributed by atoms with Gasteiger partial charge in [-0.05, 0) is 43.0 Å². The molecule has 0 spiro atoms. The first-order valence-corrected chi connectivity index (χ1v) is 8.06. The lowest BCUT2D eigenvalue weighted by Gasteiger charge is -2.10. The first-order valence-electron chi connectivity index (χ1n) is 8.06. The number of ether oxygens (including phenoxy) is 3. The van der Waals surface area contributed by atoms with Crippen molar-refractivity contribution in [3.05, 3.63) is 29.3 Å². The molecule has 1 saturated heterocycles. The van der Waals surface area contributed by atoms with Gasteiger partial charge in [-0.2, -0.15) is 0 Å². The predicted molar refractivity (Wildman–Crippen MR) is 81.8 cm³/mol. The Bertz CT molecular complexity index is 444. The van der Waals surface area contributed by atoms with Crippen molar-refractivity contribution in [1.29, 1.82) is 0 Å². The molecule has 1 unspecified atom stereocenters. The molecule has 1 fully saturated rings. The average Bonchev–Trinajstić information content (AvgIpc) is 3.17. The standard InChI is InChI=1S/C17H25NO3/c1-3-16(20-9-1)13-19-8-2-7-18-12-14-4-5-17-15(11-14)6-10-21-17/h4-5,11,16,18H,1-3,6-10,12-13H2. The van der Waals surface area contributed by atoms with Gasteiger partial charge in [0.2, 0.25) is 0 Å². The van der Waals surface area contributed by atoms with E-state index >= 15 is 0 Å². The Morgan fingerprint density at radius 2 is 2.29 bits per heavy atom. The van der Waals surface area contributed by atoms with E-state index in [-0.39, 0.29) is 0 Å². The molecular weight excluding hydrogens is 266 g/mol. The van der Waals surface area contributed by atoms with Gasteiger partial charge in [0.15, 0.2) is 0 Å². The smallest absolute Gasteiger partial charge is 0.122 e. The number of nitrogens with one attached hydrogen (secondary N) is 1. The van der Waals surface area contributed by atoms with E-state index in [1.165, 1.54) is 17.5 Å². The van der Waals surface area contributed by atoms with Gasteiger partial charge in [-0.25, -0.2) is 0 Å². The zero-order valence-corrected chi connectivity index (χ0v) is 12.6. The molecule has 1 aromatic rings. The van der Waals surface area contributed by atoms with Gasteiger partial charge in [0.25, 0.3) is 0 Å². The lowest BCUT2D eigenvalue weighted by atomic mass is 10.1. The Kier molecular flexibility index (Phi) is 5.49. The molecule has 3 rings (SSSR count). The highest BCUT2D eigenvalue weighted by molar-refractivity contribution is 5.39. The van der Waals surface area contributed by atoms with Gasteiger partial charge in [-0.1, -0.05) is 12.1 Å². The van der Waals surface area contributed by atoms with Gasteiger partial charge >= 0.3 is 0 Å². The molecule has 0 amide bonds. The summed E-state index contributed by atoms with van der Waals surface area (Å²) < 4.78 is 16.7. The van der Waals surface area contributed by atoms with Crippen LogP contribution in [0.4, 0.5) is 0 Å². The zero-order chi connectivity index (χ0) is 14.3. The Balaban J connectivity index is 1.25. The molecule has 1 aromatic carbocycles. The Morgan fingerprint density at radius 1 is 1.29 bits per heavy atom. The summed E-state index contributed by atoms with van der Waals surface area (Å²) in [6.45, 7) is 5.20. The summed E-state index contributed by atoms with van der Waals surface area (Å²) in [5.74, 6) is 1.06. The molecule has 4 heteroatoms. The molecular formula is C17H25NO3. The lowest BCUT2D eigenvalue weighted by Crippen LogP contribution is -2.19. The highest BCUT2D eigenvalue weighted by Crippen LogP contribution is 2.25. The molecule has 0 saturated carbocycles. The molecule has 0 aromatic heterocycles. The molecule has 2 aliphatic heterocycles. The summed E-state index contributed by atoms with van der Waals surface area (Å²) in [6, 6.07) is 6.48. The van der Waals surface area contributed by atoms with Crippen LogP contribution >= 0.6 is 0 Å². The topological polar surface area (TPSA) is 39.7 Å². The van der Waals surface area contributed by atoms with Crippen molar-refractivity contribution in [1.82, 2.24) is 5.32 Å². The summed E-state index contributed by atoms with van der Waals surface area (Å²) in [5.41, 5.74) is 2.67. The van der Waals surface area contributed by atoms with Gasteiger partial charge in [0.1, 0.15) is 5.75 Å². The first kappa shape index (κ1) is 14.8.